The fourth-order valence-electron chi connectivity index (χ4n) is 1.75. The number of pyridine rings is 1. The first-order chi connectivity index (χ1) is 10.2. The van der Waals surface area contributed by atoms with Crippen molar-refractivity contribution in [1.29, 1.82) is 0 Å². The van der Waals surface area contributed by atoms with Crippen LogP contribution in [0.15, 0.2) is 51.9 Å². The van der Waals surface area contributed by atoms with Crippen LogP contribution in [0, 0.1) is 0 Å². The molecule has 3 aromatic rings. The first-order valence-electron chi connectivity index (χ1n) is 6.32. The molecule has 1 amide bonds. The highest BCUT2D eigenvalue weighted by molar-refractivity contribution is 5.93. The van der Waals surface area contributed by atoms with Crippen molar-refractivity contribution in [3.63, 3.8) is 0 Å². The number of carbonyl (C=O) groups is 1. The minimum atomic E-state index is -0.419. The van der Waals surface area contributed by atoms with Gasteiger partial charge in [0.25, 0.3) is 5.91 Å². The number of amides is 1. The zero-order chi connectivity index (χ0) is 14.7. The van der Waals surface area contributed by atoms with Gasteiger partial charge in [0.05, 0.1) is 11.8 Å². The molecule has 3 aromatic heterocycles. The van der Waals surface area contributed by atoms with E-state index < -0.39 is 6.04 Å². The van der Waals surface area contributed by atoms with Gasteiger partial charge in [-0.25, -0.2) is 0 Å². The van der Waals surface area contributed by atoms with Crippen LogP contribution < -0.4 is 5.32 Å². The zero-order valence-corrected chi connectivity index (χ0v) is 11.2. The molecule has 1 atom stereocenters. The summed E-state index contributed by atoms with van der Waals surface area (Å²) in [4.78, 5) is 20.3. The molecule has 3 heterocycles. The van der Waals surface area contributed by atoms with Crippen molar-refractivity contribution in [2.75, 3.05) is 0 Å². The van der Waals surface area contributed by atoms with Crippen LogP contribution >= 0.6 is 0 Å². The van der Waals surface area contributed by atoms with Crippen LogP contribution in [-0.4, -0.2) is 21.0 Å². The molecule has 0 fully saturated rings. The SMILES string of the molecule is CC(NC(=O)c1ccoc1)c1nc(-c2ccccn2)no1. The van der Waals surface area contributed by atoms with E-state index in [0.717, 1.165) is 0 Å². The second-order valence-corrected chi connectivity index (χ2v) is 4.38. The minimum Gasteiger partial charge on any atom is -0.472 e. The number of furan rings is 1. The second-order valence-electron chi connectivity index (χ2n) is 4.38. The first-order valence-corrected chi connectivity index (χ1v) is 6.32. The van der Waals surface area contributed by atoms with Gasteiger partial charge in [0.1, 0.15) is 18.0 Å². The normalized spacial score (nSPS) is 12.0. The van der Waals surface area contributed by atoms with E-state index in [1.807, 2.05) is 6.07 Å². The molecule has 0 radical (unpaired) electrons. The first kappa shape index (κ1) is 13.0. The van der Waals surface area contributed by atoms with Gasteiger partial charge in [-0.3, -0.25) is 9.78 Å². The predicted octanol–water partition coefficient (Wildman–Crippen LogP) is 2.22. The van der Waals surface area contributed by atoms with Gasteiger partial charge >= 0.3 is 0 Å². The molecule has 0 saturated carbocycles. The Bertz CT molecular complexity index is 722. The molecule has 0 saturated heterocycles. The molecule has 21 heavy (non-hydrogen) atoms. The Morgan fingerprint density at radius 1 is 1.33 bits per heavy atom. The summed E-state index contributed by atoms with van der Waals surface area (Å²) in [6, 6.07) is 6.58. The monoisotopic (exact) mass is 284 g/mol. The Hall–Kier alpha value is -2.96. The van der Waals surface area contributed by atoms with E-state index in [1.165, 1.54) is 12.5 Å². The van der Waals surface area contributed by atoms with Crippen molar-refractivity contribution in [3.8, 4) is 11.5 Å². The van der Waals surface area contributed by atoms with Gasteiger partial charge in [-0.1, -0.05) is 11.2 Å². The number of rotatable bonds is 4. The summed E-state index contributed by atoms with van der Waals surface area (Å²) in [5.41, 5.74) is 1.05. The maximum Gasteiger partial charge on any atom is 0.255 e. The highest BCUT2D eigenvalue weighted by Crippen LogP contribution is 2.16. The molecule has 0 aromatic carbocycles. The Kier molecular flexibility index (Phi) is 3.46. The second kappa shape index (κ2) is 5.58. The third kappa shape index (κ3) is 2.81. The summed E-state index contributed by atoms with van der Waals surface area (Å²) in [7, 11) is 0. The number of carbonyl (C=O) groups excluding carboxylic acids is 1. The molecular formula is C14H12N4O3. The number of aromatic nitrogens is 3. The van der Waals surface area contributed by atoms with Gasteiger partial charge in [0, 0.05) is 6.20 Å². The lowest BCUT2D eigenvalue weighted by atomic mass is 10.2. The minimum absolute atomic E-state index is 0.270. The lowest BCUT2D eigenvalue weighted by Crippen LogP contribution is -2.26. The van der Waals surface area contributed by atoms with Crippen LogP contribution in [0.25, 0.3) is 11.5 Å². The smallest absolute Gasteiger partial charge is 0.255 e. The van der Waals surface area contributed by atoms with Gasteiger partial charge in [-0.15, -0.1) is 0 Å². The van der Waals surface area contributed by atoms with Crippen LogP contribution in [0.4, 0.5) is 0 Å². The highest BCUT2D eigenvalue weighted by Gasteiger charge is 2.18. The molecule has 7 nitrogen and oxygen atoms in total. The molecule has 0 aliphatic carbocycles. The lowest BCUT2D eigenvalue weighted by molar-refractivity contribution is 0.0932. The fraction of sp³-hybridized carbons (Fsp3) is 0.143. The van der Waals surface area contributed by atoms with E-state index in [1.54, 1.807) is 31.3 Å². The Morgan fingerprint density at radius 2 is 2.24 bits per heavy atom. The van der Waals surface area contributed by atoms with Gasteiger partial charge < -0.3 is 14.3 Å². The summed E-state index contributed by atoms with van der Waals surface area (Å²) in [5.74, 6) is 0.427. The molecule has 106 valence electrons. The van der Waals surface area contributed by atoms with Crippen LogP contribution in [-0.2, 0) is 0 Å². The quantitative estimate of drug-likeness (QED) is 0.789. The molecule has 0 spiro atoms. The topological polar surface area (TPSA) is 94.1 Å². The Balaban J connectivity index is 1.73. The third-order valence-corrected chi connectivity index (χ3v) is 2.84. The van der Waals surface area contributed by atoms with E-state index in [4.69, 9.17) is 8.94 Å². The van der Waals surface area contributed by atoms with Crippen LogP contribution in [0.2, 0.25) is 0 Å². The standard InChI is InChI=1S/C14H12N4O3/c1-9(16-13(19)10-5-7-20-8-10)14-17-12(18-21-14)11-4-2-3-6-15-11/h2-9H,1H3,(H,16,19). The van der Waals surface area contributed by atoms with Gasteiger partial charge in [-0.05, 0) is 25.1 Å². The fourth-order valence-corrected chi connectivity index (χ4v) is 1.75. The number of hydrogen-bond acceptors (Lipinski definition) is 6. The molecule has 0 bridgehead atoms. The number of hydrogen-bond donors (Lipinski definition) is 1. The molecule has 0 aliphatic heterocycles. The van der Waals surface area contributed by atoms with Crippen molar-refractivity contribution < 1.29 is 13.7 Å². The molecule has 7 heteroatoms. The molecular weight excluding hydrogens is 272 g/mol. The van der Waals surface area contributed by atoms with Crippen LogP contribution in [0.3, 0.4) is 0 Å². The van der Waals surface area contributed by atoms with Gasteiger partial charge in [0.15, 0.2) is 0 Å². The van der Waals surface area contributed by atoms with Crippen molar-refractivity contribution in [3.05, 3.63) is 54.4 Å². The van der Waals surface area contributed by atoms with E-state index >= 15 is 0 Å². The molecule has 0 aliphatic rings. The van der Waals surface area contributed by atoms with Crippen LogP contribution in [0.1, 0.15) is 29.2 Å². The van der Waals surface area contributed by atoms with Crippen molar-refractivity contribution in [1.82, 2.24) is 20.4 Å². The van der Waals surface area contributed by atoms with E-state index in [0.29, 0.717) is 23.0 Å². The lowest BCUT2D eigenvalue weighted by Gasteiger charge is -2.07. The van der Waals surface area contributed by atoms with Gasteiger partial charge in [0.2, 0.25) is 11.7 Å². The third-order valence-electron chi connectivity index (χ3n) is 2.84. The zero-order valence-electron chi connectivity index (χ0n) is 11.2. The molecule has 3 rings (SSSR count). The maximum atomic E-state index is 11.9. The Labute approximate surface area is 120 Å². The average molecular weight is 284 g/mol. The average Bonchev–Trinajstić information content (AvgIpc) is 3.20. The van der Waals surface area contributed by atoms with E-state index in [-0.39, 0.29) is 5.91 Å². The summed E-state index contributed by atoms with van der Waals surface area (Å²) >= 11 is 0. The largest absolute Gasteiger partial charge is 0.472 e. The molecule has 1 N–H and O–H groups in total. The summed E-state index contributed by atoms with van der Waals surface area (Å²) < 4.78 is 10.0. The van der Waals surface area contributed by atoms with Crippen molar-refractivity contribution >= 4 is 5.91 Å². The highest BCUT2D eigenvalue weighted by atomic mass is 16.5. The van der Waals surface area contributed by atoms with Gasteiger partial charge in [-0.2, -0.15) is 4.98 Å². The summed E-state index contributed by atoms with van der Waals surface area (Å²) in [6.45, 7) is 1.76. The number of nitrogens with zero attached hydrogens (tertiary/aromatic N) is 3. The summed E-state index contributed by atoms with van der Waals surface area (Å²) in [6.07, 6.45) is 4.45. The number of nitrogens with one attached hydrogen (secondary N) is 1. The van der Waals surface area contributed by atoms with Crippen molar-refractivity contribution in [2.45, 2.75) is 13.0 Å². The summed E-state index contributed by atoms with van der Waals surface area (Å²) in [5, 5.41) is 6.61. The van der Waals surface area contributed by atoms with Crippen molar-refractivity contribution in [2.24, 2.45) is 0 Å². The molecule has 1 unspecified atom stereocenters. The predicted molar refractivity (Wildman–Crippen MR) is 72.1 cm³/mol. The Morgan fingerprint density at radius 3 is 2.95 bits per heavy atom. The van der Waals surface area contributed by atoms with E-state index in [2.05, 4.69) is 20.4 Å². The maximum absolute atomic E-state index is 11.9. The van der Waals surface area contributed by atoms with Crippen LogP contribution in [0.5, 0.6) is 0 Å². The van der Waals surface area contributed by atoms with E-state index in [9.17, 15) is 4.79 Å².